The van der Waals surface area contributed by atoms with Gasteiger partial charge in [0.2, 0.25) is 10.0 Å². The largest absolute Gasteiger partial charge is 0.392 e. The number of hydrogen-bond acceptors (Lipinski definition) is 4. The first-order valence-corrected chi connectivity index (χ1v) is 7.89. The molecule has 1 N–H and O–H groups in total. The van der Waals surface area contributed by atoms with Crippen molar-refractivity contribution in [1.29, 1.82) is 0 Å². The second-order valence-corrected chi connectivity index (χ2v) is 6.95. The van der Waals surface area contributed by atoms with Crippen LogP contribution in [-0.4, -0.2) is 43.1 Å². The van der Waals surface area contributed by atoms with Crippen molar-refractivity contribution < 1.29 is 18.3 Å². The highest BCUT2D eigenvalue weighted by atomic mass is 32.2. The molecule has 1 aromatic carbocycles. The zero-order chi connectivity index (χ0) is 13.5. The third kappa shape index (κ3) is 2.29. The van der Waals surface area contributed by atoms with Gasteiger partial charge in [-0.1, -0.05) is 18.2 Å². The number of hydrogen-bond donors (Lipinski definition) is 1. The molecule has 6 heteroatoms. The molecule has 0 aliphatic carbocycles. The Bertz CT molecular complexity index is 560. The maximum absolute atomic E-state index is 12.6. The number of morpholine rings is 1. The molecule has 2 unspecified atom stereocenters. The Labute approximate surface area is 112 Å². The lowest BCUT2D eigenvalue weighted by Crippen LogP contribution is -2.45. The summed E-state index contributed by atoms with van der Waals surface area (Å²) in [5.41, 5.74) is 0.446. The third-order valence-electron chi connectivity index (χ3n) is 3.77. The van der Waals surface area contributed by atoms with Gasteiger partial charge in [0, 0.05) is 13.1 Å². The van der Waals surface area contributed by atoms with Crippen LogP contribution >= 0.6 is 0 Å². The summed E-state index contributed by atoms with van der Waals surface area (Å²) in [6.07, 6.45) is 1.90. The van der Waals surface area contributed by atoms with E-state index in [-0.39, 0.29) is 23.7 Å². The molecule has 1 aromatic rings. The van der Waals surface area contributed by atoms with Crippen LogP contribution in [0.5, 0.6) is 0 Å². The lowest BCUT2D eigenvalue weighted by molar-refractivity contribution is -0.0114. The molecule has 5 nitrogen and oxygen atoms in total. The van der Waals surface area contributed by atoms with Crippen LogP contribution in [0.4, 0.5) is 0 Å². The fraction of sp³-hybridized carbons (Fsp3) is 0.538. The number of benzene rings is 1. The van der Waals surface area contributed by atoms with Crippen molar-refractivity contribution in [2.75, 3.05) is 13.1 Å². The highest BCUT2D eigenvalue weighted by molar-refractivity contribution is 7.89. The average molecular weight is 283 g/mol. The van der Waals surface area contributed by atoms with Gasteiger partial charge in [-0.25, -0.2) is 8.42 Å². The van der Waals surface area contributed by atoms with Gasteiger partial charge in [0.15, 0.2) is 0 Å². The Hall–Kier alpha value is -0.950. The van der Waals surface area contributed by atoms with Crippen LogP contribution in [0.1, 0.15) is 18.4 Å². The van der Waals surface area contributed by atoms with Crippen molar-refractivity contribution >= 4 is 10.0 Å². The molecule has 2 aliphatic heterocycles. The average Bonchev–Trinajstić information content (AvgIpc) is 2.77. The molecular formula is C13H17NO4S. The van der Waals surface area contributed by atoms with Gasteiger partial charge in [-0.15, -0.1) is 0 Å². The summed E-state index contributed by atoms with van der Waals surface area (Å²) >= 11 is 0. The van der Waals surface area contributed by atoms with Crippen LogP contribution in [0, 0.1) is 0 Å². The highest BCUT2D eigenvalue weighted by Crippen LogP contribution is 2.30. The van der Waals surface area contributed by atoms with Crippen molar-refractivity contribution in [3.8, 4) is 0 Å². The number of rotatable bonds is 3. The molecule has 0 amide bonds. The smallest absolute Gasteiger partial charge is 0.243 e. The van der Waals surface area contributed by atoms with Crippen molar-refractivity contribution in [2.45, 2.75) is 36.6 Å². The first-order valence-electron chi connectivity index (χ1n) is 6.45. The Kier molecular flexibility index (Phi) is 3.34. The zero-order valence-corrected chi connectivity index (χ0v) is 11.3. The standard InChI is InChI=1S/C13H17NO4S/c15-9-10-3-1-2-4-13(10)19(16,17)14-7-11-5-6-12(8-14)18-11/h1-4,11-12,15H,5-9H2. The molecule has 0 aromatic heterocycles. The van der Waals surface area contributed by atoms with Crippen molar-refractivity contribution in [1.82, 2.24) is 4.31 Å². The Morgan fingerprint density at radius 2 is 1.84 bits per heavy atom. The SMILES string of the molecule is O=S(=O)(c1ccccc1CO)N1CC2CCC(C1)O2. The second kappa shape index (κ2) is 4.86. The third-order valence-corrected chi connectivity index (χ3v) is 5.70. The van der Waals surface area contributed by atoms with Crippen LogP contribution in [0.15, 0.2) is 29.2 Å². The van der Waals surface area contributed by atoms with E-state index >= 15 is 0 Å². The van der Waals surface area contributed by atoms with Gasteiger partial charge in [-0.05, 0) is 24.5 Å². The van der Waals surface area contributed by atoms with E-state index in [0.29, 0.717) is 18.7 Å². The zero-order valence-electron chi connectivity index (χ0n) is 10.5. The molecule has 0 spiro atoms. The number of aliphatic hydroxyl groups excluding tert-OH is 1. The second-order valence-electron chi connectivity index (χ2n) is 5.05. The molecule has 2 saturated heterocycles. The van der Waals surface area contributed by atoms with Crippen molar-refractivity contribution in [3.63, 3.8) is 0 Å². The molecule has 0 radical (unpaired) electrons. The summed E-state index contributed by atoms with van der Waals surface area (Å²) in [6.45, 7) is 0.559. The predicted molar refractivity (Wildman–Crippen MR) is 69.0 cm³/mol. The quantitative estimate of drug-likeness (QED) is 0.888. The molecular weight excluding hydrogens is 266 g/mol. The van der Waals surface area contributed by atoms with Gasteiger partial charge in [-0.3, -0.25) is 0 Å². The minimum absolute atomic E-state index is 0.0230. The summed E-state index contributed by atoms with van der Waals surface area (Å²) in [5.74, 6) is 0. The van der Waals surface area contributed by atoms with Gasteiger partial charge >= 0.3 is 0 Å². The summed E-state index contributed by atoms with van der Waals surface area (Å²) in [6, 6.07) is 6.61. The minimum Gasteiger partial charge on any atom is -0.392 e. The molecule has 3 rings (SSSR count). The molecule has 19 heavy (non-hydrogen) atoms. The van der Waals surface area contributed by atoms with Crippen molar-refractivity contribution in [3.05, 3.63) is 29.8 Å². The normalized spacial score (nSPS) is 27.6. The lowest BCUT2D eigenvalue weighted by atomic mass is 10.2. The molecule has 2 atom stereocenters. The number of ether oxygens (including phenoxy) is 1. The van der Waals surface area contributed by atoms with E-state index in [1.807, 2.05) is 0 Å². The summed E-state index contributed by atoms with van der Waals surface area (Å²) < 4.78 is 32.4. The van der Waals surface area contributed by atoms with E-state index in [4.69, 9.17) is 4.74 Å². The monoisotopic (exact) mass is 283 g/mol. The van der Waals surface area contributed by atoms with Gasteiger partial charge in [0.1, 0.15) is 0 Å². The van der Waals surface area contributed by atoms with Gasteiger partial charge in [-0.2, -0.15) is 4.31 Å². The summed E-state index contributed by atoms with van der Waals surface area (Å²) in [5, 5.41) is 9.29. The van der Waals surface area contributed by atoms with Crippen LogP contribution in [0.3, 0.4) is 0 Å². The molecule has 2 bridgehead atoms. The maximum atomic E-state index is 12.6. The first-order chi connectivity index (χ1) is 9.11. The molecule has 2 aliphatic rings. The summed E-state index contributed by atoms with van der Waals surface area (Å²) in [4.78, 5) is 0.207. The van der Waals surface area contributed by atoms with Crippen LogP contribution in [0.25, 0.3) is 0 Å². The molecule has 2 heterocycles. The molecule has 2 fully saturated rings. The van der Waals surface area contributed by atoms with E-state index in [2.05, 4.69) is 0 Å². The van der Waals surface area contributed by atoms with Crippen molar-refractivity contribution in [2.24, 2.45) is 0 Å². The molecule has 104 valence electrons. The van der Waals surface area contributed by atoms with E-state index in [0.717, 1.165) is 12.8 Å². The van der Waals surface area contributed by atoms with Gasteiger partial charge < -0.3 is 9.84 Å². The lowest BCUT2D eigenvalue weighted by Gasteiger charge is -2.31. The number of aliphatic hydroxyl groups is 1. The van der Waals surface area contributed by atoms with Gasteiger partial charge in [0.05, 0.1) is 23.7 Å². The molecule has 0 saturated carbocycles. The predicted octanol–water partition coefficient (Wildman–Crippen LogP) is 0.731. The van der Waals surface area contributed by atoms with Gasteiger partial charge in [0.25, 0.3) is 0 Å². The summed E-state index contributed by atoms with van der Waals surface area (Å²) in [7, 11) is -3.54. The number of nitrogens with zero attached hydrogens (tertiary/aromatic N) is 1. The number of fused-ring (bicyclic) bond motifs is 2. The van der Waals surface area contributed by atoms with E-state index in [1.54, 1.807) is 24.3 Å². The van der Waals surface area contributed by atoms with E-state index < -0.39 is 10.0 Å². The Morgan fingerprint density at radius 1 is 1.21 bits per heavy atom. The van der Waals surface area contributed by atoms with Crippen LogP contribution in [-0.2, 0) is 21.4 Å². The fourth-order valence-electron chi connectivity index (χ4n) is 2.80. The van der Waals surface area contributed by atoms with Crippen LogP contribution < -0.4 is 0 Å². The van der Waals surface area contributed by atoms with E-state index in [9.17, 15) is 13.5 Å². The first kappa shape index (κ1) is 13.1. The Balaban J connectivity index is 1.94. The fourth-order valence-corrected chi connectivity index (χ4v) is 4.52. The van der Waals surface area contributed by atoms with Crippen LogP contribution in [0.2, 0.25) is 0 Å². The minimum atomic E-state index is -3.54. The Morgan fingerprint density at radius 3 is 2.47 bits per heavy atom. The number of sulfonamides is 1. The van der Waals surface area contributed by atoms with E-state index in [1.165, 1.54) is 4.31 Å². The topological polar surface area (TPSA) is 66.8 Å². The maximum Gasteiger partial charge on any atom is 0.243 e. The highest BCUT2D eigenvalue weighted by Gasteiger charge is 2.39.